The van der Waals surface area contributed by atoms with E-state index in [0.717, 1.165) is 31.4 Å². The maximum atomic E-state index is 9.54. The van der Waals surface area contributed by atoms with Gasteiger partial charge in [-0.2, -0.15) is 0 Å². The summed E-state index contributed by atoms with van der Waals surface area (Å²) in [7, 11) is 0. The van der Waals surface area contributed by atoms with Crippen molar-refractivity contribution in [2.24, 2.45) is 5.73 Å². The van der Waals surface area contributed by atoms with Gasteiger partial charge >= 0.3 is 0 Å². The van der Waals surface area contributed by atoms with Crippen LogP contribution in [0.4, 0.5) is 0 Å². The number of benzene rings is 1. The first kappa shape index (κ1) is 11.2. The molecule has 0 amide bonds. The molecule has 1 unspecified atom stereocenters. The van der Waals surface area contributed by atoms with Crippen LogP contribution >= 0.6 is 0 Å². The van der Waals surface area contributed by atoms with E-state index in [-0.39, 0.29) is 6.10 Å². The Hall–Kier alpha value is -0.860. The second-order valence-corrected chi connectivity index (χ2v) is 3.62. The predicted octanol–water partition coefficient (Wildman–Crippen LogP) is 2.02. The van der Waals surface area contributed by atoms with Gasteiger partial charge in [0.1, 0.15) is 0 Å². The van der Waals surface area contributed by atoms with E-state index in [1.807, 2.05) is 25.1 Å². The lowest BCUT2D eigenvalue weighted by Gasteiger charge is -2.11. The van der Waals surface area contributed by atoms with Crippen molar-refractivity contribution < 1.29 is 5.11 Å². The molecule has 14 heavy (non-hydrogen) atoms. The van der Waals surface area contributed by atoms with Gasteiger partial charge in [-0.05, 0) is 43.9 Å². The first-order chi connectivity index (χ1) is 6.75. The standard InChI is InChI=1S/C12H19NO/c1-10(14)12-8-3-2-6-11(12)7-4-5-9-13/h2-3,6,8,10,14H,4-5,7,9,13H2,1H3. The molecule has 0 aliphatic rings. The maximum absolute atomic E-state index is 9.54. The normalized spacial score (nSPS) is 12.8. The van der Waals surface area contributed by atoms with Gasteiger partial charge < -0.3 is 10.8 Å². The van der Waals surface area contributed by atoms with Crippen molar-refractivity contribution in [3.8, 4) is 0 Å². The van der Waals surface area contributed by atoms with E-state index in [1.165, 1.54) is 5.56 Å². The van der Waals surface area contributed by atoms with E-state index in [0.29, 0.717) is 0 Å². The van der Waals surface area contributed by atoms with E-state index in [2.05, 4.69) is 6.07 Å². The summed E-state index contributed by atoms with van der Waals surface area (Å²) in [5.74, 6) is 0. The molecule has 2 nitrogen and oxygen atoms in total. The van der Waals surface area contributed by atoms with Crippen LogP contribution in [0.3, 0.4) is 0 Å². The topological polar surface area (TPSA) is 46.2 Å². The molecule has 1 aromatic rings. The van der Waals surface area contributed by atoms with Gasteiger partial charge in [-0.15, -0.1) is 0 Å². The number of rotatable bonds is 5. The Morgan fingerprint density at radius 3 is 2.64 bits per heavy atom. The quantitative estimate of drug-likeness (QED) is 0.703. The number of nitrogens with two attached hydrogens (primary N) is 1. The third-order valence-electron chi connectivity index (χ3n) is 2.41. The van der Waals surface area contributed by atoms with Crippen LogP contribution in [0.5, 0.6) is 0 Å². The first-order valence-corrected chi connectivity index (χ1v) is 5.21. The molecular weight excluding hydrogens is 174 g/mol. The van der Waals surface area contributed by atoms with Gasteiger partial charge in [0.15, 0.2) is 0 Å². The maximum Gasteiger partial charge on any atom is 0.0764 e. The Morgan fingerprint density at radius 2 is 2.00 bits per heavy atom. The van der Waals surface area contributed by atoms with Gasteiger partial charge in [-0.1, -0.05) is 24.3 Å². The van der Waals surface area contributed by atoms with Gasteiger partial charge in [0, 0.05) is 0 Å². The average Bonchev–Trinajstić information content (AvgIpc) is 2.19. The van der Waals surface area contributed by atoms with Crippen LogP contribution < -0.4 is 5.73 Å². The van der Waals surface area contributed by atoms with Crippen molar-refractivity contribution >= 4 is 0 Å². The number of hydrogen-bond acceptors (Lipinski definition) is 2. The highest BCUT2D eigenvalue weighted by atomic mass is 16.3. The molecule has 0 aliphatic heterocycles. The van der Waals surface area contributed by atoms with Crippen LogP contribution in [0.25, 0.3) is 0 Å². The van der Waals surface area contributed by atoms with Crippen molar-refractivity contribution in [2.45, 2.75) is 32.3 Å². The van der Waals surface area contributed by atoms with Crippen molar-refractivity contribution in [2.75, 3.05) is 6.54 Å². The van der Waals surface area contributed by atoms with E-state index < -0.39 is 0 Å². The zero-order valence-electron chi connectivity index (χ0n) is 8.74. The third kappa shape index (κ3) is 3.13. The smallest absolute Gasteiger partial charge is 0.0764 e. The largest absolute Gasteiger partial charge is 0.389 e. The van der Waals surface area contributed by atoms with Crippen LogP contribution in [-0.4, -0.2) is 11.7 Å². The molecule has 0 heterocycles. The number of unbranched alkanes of at least 4 members (excludes halogenated alkanes) is 1. The molecule has 2 heteroatoms. The Morgan fingerprint density at radius 1 is 1.29 bits per heavy atom. The van der Waals surface area contributed by atoms with E-state index in [4.69, 9.17) is 5.73 Å². The highest BCUT2D eigenvalue weighted by Gasteiger charge is 2.05. The fourth-order valence-corrected chi connectivity index (χ4v) is 1.63. The van der Waals surface area contributed by atoms with Crippen LogP contribution in [-0.2, 0) is 6.42 Å². The summed E-state index contributed by atoms with van der Waals surface area (Å²) in [6, 6.07) is 8.05. The molecule has 0 fully saturated rings. The lowest BCUT2D eigenvalue weighted by atomic mass is 9.99. The van der Waals surface area contributed by atoms with Gasteiger partial charge in [0.2, 0.25) is 0 Å². The molecule has 0 saturated carbocycles. The molecule has 0 radical (unpaired) electrons. The summed E-state index contributed by atoms with van der Waals surface area (Å²) in [6.07, 6.45) is 2.79. The van der Waals surface area contributed by atoms with E-state index in [1.54, 1.807) is 0 Å². The molecule has 1 aromatic carbocycles. The van der Waals surface area contributed by atoms with E-state index >= 15 is 0 Å². The second-order valence-electron chi connectivity index (χ2n) is 3.62. The molecule has 78 valence electrons. The number of aliphatic hydroxyl groups excluding tert-OH is 1. The van der Waals surface area contributed by atoms with Gasteiger partial charge in [-0.25, -0.2) is 0 Å². The Balaban J connectivity index is 2.64. The Bertz CT molecular complexity index is 271. The monoisotopic (exact) mass is 193 g/mol. The minimum Gasteiger partial charge on any atom is -0.389 e. The molecular formula is C12H19NO. The summed E-state index contributed by atoms with van der Waals surface area (Å²) in [4.78, 5) is 0. The molecule has 0 bridgehead atoms. The summed E-state index contributed by atoms with van der Waals surface area (Å²) < 4.78 is 0. The Kier molecular flexibility index (Phi) is 4.63. The van der Waals surface area contributed by atoms with Gasteiger partial charge in [0.05, 0.1) is 6.10 Å². The summed E-state index contributed by atoms with van der Waals surface area (Å²) in [5.41, 5.74) is 7.73. The summed E-state index contributed by atoms with van der Waals surface area (Å²) in [5, 5.41) is 9.54. The minimum atomic E-state index is -0.371. The fourth-order valence-electron chi connectivity index (χ4n) is 1.63. The number of hydrogen-bond donors (Lipinski definition) is 2. The van der Waals surface area contributed by atoms with Crippen LogP contribution in [0.2, 0.25) is 0 Å². The lowest BCUT2D eigenvalue weighted by molar-refractivity contribution is 0.198. The van der Waals surface area contributed by atoms with Gasteiger partial charge in [-0.3, -0.25) is 0 Å². The highest BCUT2D eigenvalue weighted by molar-refractivity contribution is 5.28. The highest BCUT2D eigenvalue weighted by Crippen LogP contribution is 2.18. The zero-order chi connectivity index (χ0) is 10.4. The SMILES string of the molecule is CC(O)c1ccccc1CCCCN. The average molecular weight is 193 g/mol. The van der Waals surface area contributed by atoms with Crippen molar-refractivity contribution in [3.63, 3.8) is 0 Å². The van der Waals surface area contributed by atoms with Crippen molar-refractivity contribution in [3.05, 3.63) is 35.4 Å². The zero-order valence-corrected chi connectivity index (χ0v) is 8.74. The summed E-state index contributed by atoms with van der Waals surface area (Å²) in [6.45, 7) is 2.55. The van der Waals surface area contributed by atoms with Gasteiger partial charge in [0.25, 0.3) is 0 Å². The predicted molar refractivity (Wildman–Crippen MR) is 59.1 cm³/mol. The first-order valence-electron chi connectivity index (χ1n) is 5.21. The van der Waals surface area contributed by atoms with Crippen LogP contribution in [0, 0.1) is 0 Å². The molecule has 1 atom stereocenters. The van der Waals surface area contributed by atoms with Crippen molar-refractivity contribution in [1.82, 2.24) is 0 Å². The third-order valence-corrected chi connectivity index (χ3v) is 2.41. The second kappa shape index (κ2) is 5.78. The molecule has 0 saturated heterocycles. The fraction of sp³-hybridized carbons (Fsp3) is 0.500. The molecule has 0 spiro atoms. The molecule has 1 rings (SSSR count). The molecule has 0 aromatic heterocycles. The van der Waals surface area contributed by atoms with Crippen molar-refractivity contribution in [1.29, 1.82) is 0 Å². The minimum absolute atomic E-state index is 0.371. The van der Waals surface area contributed by atoms with E-state index in [9.17, 15) is 5.11 Å². The lowest BCUT2D eigenvalue weighted by Crippen LogP contribution is -2.01. The Labute approximate surface area is 85.8 Å². The number of aliphatic hydroxyl groups is 1. The molecule has 0 aliphatic carbocycles. The molecule has 3 N–H and O–H groups in total. The van der Waals surface area contributed by atoms with Crippen LogP contribution in [0.1, 0.15) is 37.0 Å². The summed E-state index contributed by atoms with van der Waals surface area (Å²) >= 11 is 0. The van der Waals surface area contributed by atoms with Crippen LogP contribution in [0.15, 0.2) is 24.3 Å². The number of aryl methyl sites for hydroxylation is 1.